The number of halogens is 3. The minimum atomic E-state index is -4.67. The normalized spacial score (nSPS) is 17.0. The van der Waals surface area contributed by atoms with Gasteiger partial charge in [-0.3, -0.25) is 0 Å². The summed E-state index contributed by atoms with van der Waals surface area (Å²) in [7, 11) is 0. The number of rotatable bonds is 4. The van der Waals surface area contributed by atoms with Crippen LogP contribution in [0.15, 0.2) is 30.3 Å². The summed E-state index contributed by atoms with van der Waals surface area (Å²) >= 11 is 0. The zero-order chi connectivity index (χ0) is 19.1. The van der Waals surface area contributed by atoms with Gasteiger partial charge in [-0.1, -0.05) is 38.1 Å². The van der Waals surface area contributed by atoms with Crippen LogP contribution >= 0.6 is 0 Å². The third-order valence-corrected chi connectivity index (χ3v) is 5.33. The maximum absolute atomic E-state index is 13.9. The number of ether oxygens (including phenoxy) is 1. The molecule has 3 nitrogen and oxygen atoms in total. The SMILES string of the molecule is CC(C)C1(Oc2cc(C(=O)[O-])c3ccccc3c2C(F)(F)F)CCCC1. The Hall–Kier alpha value is -2.24. The average molecular weight is 365 g/mol. The minimum Gasteiger partial charge on any atom is -0.545 e. The van der Waals surface area contributed by atoms with Gasteiger partial charge in [-0.05, 0) is 48.4 Å². The molecule has 0 atom stereocenters. The van der Waals surface area contributed by atoms with Gasteiger partial charge in [-0.25, -0.2) is 0 Å². The number of carboxylic acid groups (broad SMARTS) is 1. The van der Waals surface area contributed by atoms with E-state index in [1.54, 1.807) is 0 Å². The van der Waals surface area contributed by atoms with Crippen molar-refractivity contribution >= 4 is 16.7 Å². The smallest absolute Gasteiger partial charge is 0.420 e. The molecule has 0 bridgehead atoms. The summed E-state index contributed by atoms with van der Waals surface area (Å²) in [6, 6.07) is 6.56. The van der Waals surface area contributed by atoms with E-state index in [-0.39, 0.29) is 22.3 Å². The van der Waals surface area contributed by atoms with Crippen LogP contribution in [-0.2, 0) is 6.18 Å². The van der Waals surface area contributed by atoms with Crippen molar-refractivity contribution in [1.82, 2.24) is 0 Å². The van der Waals surface area contributed by atoms with E-state index in [0.717, 1.165) is 18.9 Å². The minimum absolute atomic E-state index is 0.00260. The molecular formula is C20H20F3O3-. The largest absolute Gasteiger partial charge is 0.545 e. The zero-order valence-corrected chi connectivity index (χ0v) is 14.7. The fourth-order valence-corrected chi connectivity index (χ4v) is 3.88. The summed E-state index contributed by atoms with van der Waals surface area (Å²) < 4.78 is 47.6. The van der Waals surface area contributed by atoms with Crippen LogP contribution in [0.5, 0.6) is 5.75 Å². The topological polar surface area (TPSA) is 49.4 Å². The number of hydrogen-bond donors (Lipinski definition) is 0. The molecule has 1 aliphatic rings. The van der Waals surface area contributed by atoms with Gasteiger partial charge in [-0.2, -0.15) is 13.2 Å². The summed E-state index contributed by atoms with van der Waals surface area (Å²) in [6.45, 7) is 3.83. The first-order valence-corrected chi connectivity index (χ1v) is 8.69. The molecule has 1 aliphatic carbocycles. The number of aromatic carboxylic acids is 1. The molecule has 26 heavy (non-hydrogen) atoms. The van der Waals surface area contributed by atoms with Crippen LogP contribution < -0.4 is 9.84 Å². The predicted molar refractivity (Wildman–Crippen MR) is 89.9 cm³/mol. The second-order valence-corrected chi connectivity index (χ2v) is 7.16. The van der Waals surface area contributed by atoms with Gasteiger partial charge < -0.3 is 14.6 Å². The predicted octanol–water partition coefficient (Wildman–Crippen LogP) is 4.57. The summed E-state index contributed by atoms with van der Waals surface area (Å²) in [5, 5.41) is 11.3. The highest BCUT2D eigenvalue weighted by atomic mass is 19.4. The maximum atomic E-state index is 13.9. The van der Waals surface area contributed by atoms with E-state index >= 15 is 0 Å². The third kappa shape index (κ3) is 3.13. The van der Waals surface area contributed by atoms with Gasteiger partial charge in [0.1, 0.15) is 16.9 Å². The van der Waals surface area contributed by atoms with Crippen LogP contribution in [0.4, 0.5) is 13.2 Å². The van der Waals surface area contributed by atoms with Crippen molar-refractivity contribution < 1.29 is 27.8 Å². The van der Waals surface area contributed by atoms with Crippen molar-refractivity contribution in [2.45, 2.75) is 51.3 Å². The van der Waals surface area contributed by atoms with Gasteiger partial charge >= 0.3 is 6.18 Å². The lowest BCUT2D eigenvalue weighted by atomic mass is 9.88. The molecular weight excluding hydrogens is 345 g/mol. The second kappa shape index (κ2) is 6.49. The van der Waals surface area contributed by atoms with Gasteiger partial charge in [0.2, 0.25) is 0 Å². The van der Waals surface area contributed by atoms with Crippen LogP contribution in [0.2, 0.25) is 0 Å². The molecule has 2 aromatic rings. The molecule has 0 spiro atoms. The first-order valence-electron chi connectivity index (χ1n) is 8.69. The Morgan fingerprint density at radius 1 is 1.15 bits per heavy atom. The lowest BCUT2D eigenvalue weighted by molar-refractivity contribution is -0.254. The Labute approximate surface area is 149 Å². The number of hydrogen-bond acceptors (Lipinski definition) is 3. The molecule has 6 heteroatoms. The molecule has 0 saturated heterocycles. The summed E-state index contributed by atoms with van der Waals surface area (Å²) in [5.41, 5.74) is -1.93. The Bertz CT molecular complexity index is 834. The van der Waals surface area contributed by atoms with Crippen molar-refractivity contribution in [1.29, 1.82) is 0 Å². The Morgan fingerprint density at radius 2 is 1.73 bits per heavy atom. The quantitative estimate of drug-likeness (QED) is 0.797. The van der Waals surface area contributed by atoms with E-state index in [1.807, 2.05) is 13.8 Å². The molecule has 0 N–H and O–H groups in total. The van der Waals surface area contributed by atoms with Crippen LogP contribution in [0.1, 0.15) is 55.5 Å². The summed E-state index contributed by atoms with van der Waals surface area (Å²) in [4.78, 5) is 11.5. The molecule has 2 aromatic carbocycles. The fourth-order valence-electron chi connectivity index (χ4n) is 3.88. The number of benzene rings is 2. The number of fused-ring (bicyclic) bond motifs is 1. The lowest BCUT2D eigenvalue weighted by Crippen LogP contribution is -2.39. The van der Waals surface area contributed by atoms with E-state index in [1.165, 1.54) is 24.3 Å². The van der Waals surface area contributed by atoms with Gasteiger partial charge in [-0.15, -0.1) is 0 Å². The number of carboxylic acids is 1. The molecule has 0 aromatic heterocycles. The van der Waals surface area contributed by atoms with Crippen molar-refractivity contribution in [3.05, 3.63) is 41.5 Å². The molecule has 140 valence electrons. The second-order valence-electron chi connectivity index (χ2n) is 7.16. The zero-order valence-electron chi connectivity index (χ0n) is 14.7. The standard InChI is InChI=1S/C20H21F3O3/c1-12(2)19(9-5-6-10-19)26-16-11-15(18(24)25)13-7-3-4-8-14(13)17(16)20(21,22)23/h3-4,7-8,11-12H,5-6,9-10H2,1-2H3,(H,24,25)/p-1. The Morgan fingerprint density at radius 3 is 2.23 bits per heavy atom. The van der Waals surface area contributed by atoms with Crippen molar-refractivity contribution in [3.8, 4) is 5.75 Å². The van der Waals surface area contributed by atoms with Gasteiger partial charge in [0.25, 0.3) is 0 Å². The van der Waals surface area contributed by atoms with Crippen LogP contribution in [0.25, 0.3) is 10.8 Å². The third-order valence-electron chi connectivity index (χ3n) is 5.33. The first kappa shape index (κ1) is 18.5. The van der Waals surface area contributed by atoms with E-state index < -0.39 is 29.1 Å². The molecule has 0 unspecified atom stereocenters. The monoisotopic (exact) mass is 365 g/mol. The van der Waals surface area contributed by atoms with Gasteiger partial charge in [0, 0.05) is 5.56 Å². The van der Waals surface area contributed by atoms with Crippen LogP contribution in [-0.4, -0.2) is 11.6 Å². The van der Waals surface area contributed by atoms with Crippen molar-refractivity contribution in [3.63, 3.8) is 0 Å². The molecule has 0 aliphatic heterocycles. The van der Waals surface area contributed by atoms with Crippen LogP contribution in [0.3, 0.4) is 0 Å². The van der Waals surface area contributed by atoms with Crippen molar-refractivity contribution in [2.24, 2.45) is 5.92 Å². The average Bonchev–Trinajstić information content (AvgIpc) is 3.02. The number of carbonyl (C=O) groups is 1. The molecule has 1 saturated carbocycles. The maximum Gasteiger partial charge on any atom is 0.420 e. The van der Waals surface area contributed by atoms with E-state index in [2.05, 4.69) is 0 Å². The van der Waals surface area contributed by atoms with E-state index in [9.17, 15) is 23.1 Å². The molecule has 0 heterocycles. The fraction of sp³-hybridized carbons (Fsp3) is 0.450. The lowest BCUT2D eigenvalue weighted by Gasteiger charge is -2.35. The number of carbonyl (C=O) groups excluding carboxylic acids is 1. The van der Waals surface area contributed by atoms with Gasteiger partial charge in [0.05, 0.1) is 5.97 Å². The molecule has 1 fully saturated rings. The summed E-state index contributed by atoms with van der Waals surface area (Å²) in [6.07, 6.45) is -1.62. The Balaban J connectivity index is 2.28. The number of alkyl halides is 3. The van der Waals surface area contributed by atoms with Crippen molar-refractivity contribution in [2.75, 3.05) is 0 Å². The van der Waals surface area contributed by atoms with Gasteiger partial charge in [0.15, 0.2) is 0 Å². The molecule has 0 radical (unpaired) electrons. The summed E-state index contributed by atoms with van der Waals surface area (Å²) in [5.74, 6) is -1.94. The molecule has 0 amide bonds. The van der Waals surface area contributed by atoms with E-state index in [4.69, 9.17) is 4.74 Å². The molecule has 3 rings (SSSR count). The highest BCUT2D eigenvalue weighted by Crippen LogP contribution is 2.47. The van der Waals surface area contributed by atoms with E-state index in [0.29, 0.717) is 12.8 Å². The first-order chi connectivity index (χ1) is 12.2. The highest BCUT2D eigenvalue weighted by molar-refractivity contribution is 6.05. The van der Waals surface area contributed by atoms with Crippen LogP contribution in [0, 0.1) is 5.92 Å². The Kier molecular flexibility index (Phi) is 4.63. The highest BCUT2D eigenvalue weighted by Gasteiger charge is 2.43.